The van der Waals surface area contributed by atoms with Crippen molar-refractivity contribution in [2.45, 2.75) is 6.92 Å². The molecule has 5 heteroatoms. The van der Waals surface area contributed by atoms with Crippen molar-refractivity contribution in [3.8, 4) is 11.4 Å². The molecule has 0 spiro atoms. The fraction of sp³-hybridized carbons (Fsp3) is 0.0714. The average Bonchev–Trinajstić information content (AvgIpc) is 2.75. The molecular formula is C14H11Cl2N3. The van der Waals surface area contributed by atoms with Crippen LogP contribution in [0.4, 0.5) is 5.69 Å². The van der Waals surface area contributed by atoms with Crippen LogP contribution in [-0.2, 0) is 0 Å². The number of H-pyrrole nitrogens is 1. The first kappa shape index (κ1) is 12.3. The third kappa shape index (κ3) is 2.15. The molecule has 0 aliphatic heterocycles. The average molecular weight is 292 g/mol. The van der Waals surface area contributed by atoms with Gasteiger partial charge in [0.25, 0.3) is 0 Å². The number of anilines is 1. The number of rotatable bonds is 1. The zero-order chi connectivity index (χ0) is 13.6. The Bertz CT molecular complexity index is 739. The molecule has 3 rings (SSSR count). The fourth-order valence-corrected chi connectivity index (χ4v) is 2.33. The highest BCUT2D eigenvalue weighted by atomic mass is 35.5. The summed E-state index contributed by atoms with van der Waals surface area (Å²) in [5.41, 5.74) is 10.3. The van der Waals surface area contributed by atoms with Crippen molar-refractivity contribution >= 4 is 39.9 Å². The molecule has 0 aliphatic rings. The molecule has 3 nitrogen and oxygen atoms in total. The highest BCUT2D eigenvalue weighted by Gasteiger charge is 2.10. The van der Waals surface area contributed by atoms with E-state index in [-0.39, 0.29) is 0 Å². The van der Waals surface area contributed by atoms with Crippen molar-refractivity contribution in [1.82, 2.24) is 9.97 Å². The number of hydrogen-bond donors (Lipinski definition) is 2. The van der Waals surface area contributed by atoms with Crippen molar-refractivity contribution in [2.75, 3.05) is 5.73 Å². The lowest BCUT2D eigenvalue weighted by atomic mass is 10.1. The summed E-state index contributed by atoms with van der Waals surface area (Å²) in [4.78, 5) is 7.72. The van der Waals surface area contributed by atoms with E-state index in [9.17, 15) is 0 Å². The van der Waals surface area contributed by atoms with Crippen LogP contribution in [0.3, 0.4) is 0 Å². The van der Waals surface area contributed by atoms with E-state index in [4.69, 9.17) is 28.9 Å². The molecular weight excluding hydrogens is 281 g/mol. The minimum atomic E-state index is 0.490. The monoisotopic (exact) mass is 291 g/mol. The second-order valence-corrected chi connectivity index (χ2v) is 5.27. The molecule has 19 heavy (non-hydrogen) atoms. The molecule has 0 unspecified atom stereocenters. The van der Waals surface area contributed by atoms with Gasteiger partial charge in [-0.15, -0.1) is 0 Å². The Hall–Kier alpha value is -1.71. The Morgan fingerprint density at radius 2 is 1.84 bits per heavy atom. The van der Waals surface area contributed by atoms with E-state index in [1.807, 2.05) is 25.1 Å². The van der Waals surface area contributed by atoms with E-state index in [1.54, 1.807) is 12.1 Å². The van der Waals surface area contributed by atoms with Crippen molar-refractivity contribution in [1.29, 1.82) is 0 Å². The quantitative estimate of drug-likeness (QED) is 0.652. The number of nitrogens with zero attached hydrogens (tertiary/aromatic N) is 1. The van der Waals surface area contributed by atoms with Gasteiger partial charge in [-0.1, -0.05) is 34.8 Å². The Morgan fingerprint density at radius 3 is 2.63 bits per heavy atom. The topological polar surface area (TPSA) is 54.7 Å². The molecule has 3 N–H and O–H groups in total. The molecule has 0 aliphatic carbocycles. The van der Waals surface area contributed by atoms with E-state index in [0.717, 1.165) is 28.0 Å². The maximum Gasteiger partial charge on any atom is 0.140 e. The van der Waals surface area contributed by atoms with E-state index in [0.29, 0.717) is 15.7 Å². The number of aryl methyl sites for hydroxylation is 1. The molecule has 0 saturated heterocycles. The molecule has 2 aromatic carbocycles. The summed E-state index contributed by atoms with van der Waals surface area (Å²) in [5.74, 6) is 0.717. The lowest BCUT2D eigenvalue weighted by Crippen LogP contribution is -1.91. The number of fused-ring (bicyclic) bond motifs is 1. The standard InChI is InChI=1S/C14H11Cl2N3/c1-7-2-3-11(17)8(4-7)14-18-12-5-9(15)10(16)6-13(12)19-14/h2-6H,17H2,1H3,(H,18,19). The van der Waals surface area contributed by atoms with Gasteiger partial charge in [-0.05, 0) is 31.2 Å². The smallest absolute Gasteiger partial charge is 0.140 e. The predicted octanol–water partition coefficient (Wildman–Crippen LogP) is 4.43. The number of nitrogen functional groups attached to an aromatic ring is 1. The Kier molecular flexibility index (Phi) is 2.88. The molecule has 0 amide bonds. The number of nitrogens with two attached hydrogens (primary N) is 1. The second kappa shape index (κ2) is 4.44. The van der Waals surface area contributed by atoms with E-state index in [2.05, 4.69) is 9.97 Å². The van der Waals surface area contributed by atoms with Gasteiger partial charge in [0.05, 0.1) is 21.1 Å². The first-order valence-corrected chi connectivity index (χ1v) is 6.51. The van der Waals surface area contributed by atoms with Gasteiger partial charge in [0, 0.05) is 11.3 Å². The SMILES string of the molecule is Cc1ccc(N)c(-c2nc3cc(Cl)c(Cl)cc3[nH]2)c1. The van der Waals surface area contributed by atoms with E-state index in [1.165, 1.54) is 0 Å². The molecule has 0 fully saturated rings. The molecule has 0 atom stereocenters. The summed E-state index contributed by atoms with van der Waals surface area (Å²) in [6, 6.07) is 9.34. The van der Waals surface area contributed by atoms with Crippen LogP contribution >= 0.6 is 23.2 Å². The second-order valence-electron chi connectivity index (χ2n) is 4.46. The van der Waals surface area contributed by atoms with Crippen LogP contribution in [0.1, 0.15) is 5.56 Å². The summed E-state index contributed by atoms with van der Waals surface area (Å²) in [6.45, 7) is 2.01. The summed E-state index contributed by atoms with van der Waals surface area (Å²) in [5, 5.41) is 0.992. The lowest BCUT2D eigenvalue weighted by Gasteiger charge is -2.03. The van der Waals surface area contributed by atoms with Crippen molar-refractivity contribution in [2.24, 2.45) is 0 Å². The van der Waals surface area contributed by atoms with Gasteiger partial charge in [0.1, 0.15) is 5.82 Å². The summed E-state index contributed by atoms with van der Waals surface area (Å²) in [6.07, 6.45) is 0. The number of aromatic amines is 1. The largest absolute Gasteiger partial charge is 0.398 e. The van der Waals surface area contributed by atoms with Gasteiger partial charge in [-0.25, -0.2) is 4.98 Å². The highest BCUT2D eigenvalue weighted by Crippen LogP contribution is 2.30. The van der Waals surface area contributed by atoms with Crippen LogP contribution in [0.2, 0.25) is 10.0 Å². The van der Waals surface area contributed by atoms with Crippen molar-refractivity contribution in [3.63, 3.8) is 0 Å². The number of benzene rings is 2. The molecule has 96 valence electrons. The molecule has 1 aromatic heterocycles. The molecule has 0 saturated carbocycles. The van der Waals surface area contributed by atoms with Gasteiger partial charge in [0.2, 0.25) is 0 Å². The summed E-state index contributed by atoms with van der Waals surface area (Å²) >= 11 is 12.0. The minimum absolute atomic E-state index is 0.490. The van der Waals surface area contributed by atoms with Gasteiger partial charge >= 0.3 is 0 Å². The third-order valence-corrected chi connectivity index (χ3v) is 3.71. The number of nitrogens with one attached hydrogen (secondary N) is 1. The van der Waals surface area contributed by atoms with Crippen molar-refractivity contribution < 1.29 is 0 Å². The summed E-state index contributed by atoms with van der Waals surface area (Å²) in [7, 11) is 0. The molecule has 0 radical (unpaired) electrons. The van der Waals surface area contributed by atoms with E-state index < -0.39 is 0 Å². The van der Waals surface area contributed by atoms with Gasteiger partial charge < -0.3 is 10.7 Å². The van der Waals surface area contributed by atoms with Crippen LogP contribution in [0.25, 0.3) is 22.4 Å². The van der Waals surface area contributed by atoms with Crippen molar-refractivity contribution in [3.05, 3.63) is 45.9 Å². The summed E-state index contributed by atoms with van der Waals surface area (Å²) < 4.78 is 0. The first-order valence-electron chi connectivity index (χ1n) is 5.76. The van der Waals surface area contributed by atoms with Crippen LogP contribution in [0.15, 0.2) is 30.3 Å². The number of hydrogen-bond acceptors (Lipinski definition) is 2. The number of imidazole rings is 1. The Balaban J connectivity index is 2.23. The van der Waals surface area contributed by atoms with Crippen LogP contribution in [-0.4, -0.2) is 9.97 Å². The highest BCUT2D eigenvalue weighted by molar-refractivity contribution is 6.42. The maximum atomic E-state index is 6.00. The zero-order valence-electron chi connectivity index (χ0n) is 10.2. The predicted molar refractivity (Wildman–Crippen MR) is 80.7 cm³/mol. The fourth-order valence-electron chi connectivity index (χ4n) is 2.01. The van der Waals surface area contributed by atoms with Crippen LogP contribution < -0.4 is 5.73 Å². The van der Waals surface area contributed by atoms with Gasteiger partial charge in [-0.3, -0.25) is 0 Å². The minimum Gasteiger partial charge on any atom is -0.398 e. The zero-order valence-corrected chi connectivity index (χ0v) is 11.7. The Labute approximate surface area is 120 Å². The van der Waals surface area contributed by atoms with Crippen LogP contribution in [0, 0.1) is 6.92 Å². The lowest BCUT2D eigenvalue weighted by molar-refractivity contribution is 1.32. The maximum absolute atomic E-state index is 6.00. The molecule has 0 bridgehead atoms. The molecule has 1 heterocycles. The van der Waals surface area contributed by atoms with E-state index >= 15 is 0 Å². The number of aromatic nitrogens is 2. The molecule has 3 aromatic rings. The third-order valence-electron chi connectivity index (χ3n) is 2.99. The normalized spacial score (nSPS) is 11.1. The van der Waals surface area contributed by atoms with Crippen LogP contribution in [0.5, 0.6) is 0 Å². The Morgan fingerprint density at radius 1 is 1.11 bits per heavy atom. The van der Waals surface area contributed by atoms with Gasteiger partial charge in [0.15, 0.2) is 0 Å². The first-order chi connectivity index (χ1) is 9.04. The number of halogens is 2. The van der Waals surface area contributed by atoms with Gasteiger partial charge in [-0.2, -0.15) is 0 Å².